The first-order chi connectivity index (χ1) is 6.34. The van der Waals surface area contributed by atoms with Crippen molar-refractivity contribution in [2.45, 2.75) is 8.42 Å². The van der Waals surface area contributed by atoms with Crippen LogP contribution >= 0.6 is 55.9 Å². The molecular weight excluding hydrogens is 260 g/mol. The Morgan fingerprint density at radius 2 is 1.92 bits per heavy atom. The lowest BCUT2D eigenvalue weighted by molar-refractivity contribution is 1.75. The van der Waals surface area contributed by atoms with Gasteiger partial charge in [-0.15, -0.1) is 22.7 Å². The third-order valence-electron chi connectivity index (χ3n) is 1.25. The predicted molar refractivity (Wildman–Crippen MR) is 65.4 cm³/mol. The van der Waals surface area contributed by atoms with Crippen LogP contribution in [0.25, 0.3) is 0 Å². The van der Waals surface area contributed by atoms with Crippen LogP contribution in [0.1, 0.15) is 0 Å². The second-order valence-electron chi connectivity index (χ2n) is 2.16. The molecule has 0 fully saturated rings. The van der Waals surface area contributed by atoms with Gasteiger partial charge in [-0.05, 0) is 45.2 Å². The Morgan fingerprint density at radius 1 is 1.08 bits per heavy atom. The molecule has 0 aromatic carbocycles. The zero-order valence-corrected chi connectivity index (χ0v) is 10.4. The lowest BCUT2D eigenvalue weighted by atomic mass is 10.7. The molecule has 0 radical (unpaired) electrons. The van der Waals surface area contributed by atoms with Gasteiger partial charge in [0.15, 0.2) is 0 Å². The molecule has 2 aromatic heterocycles. The van der Waals surface area contributed by atoms with Crippen LogP contribution in [0.3, 0.4) is 0 Å². The third kappa shape index (κ3) is 2.92. The summed E-state index contributed by atoms with van der Waals surface area (Å²) in [6, 6.07) is 8.17. The maximum absolute atomic E-state index is 5.82. The van der Waals surface area contributed by atoms with Crippen molar-refractivity contribution in [3.63, 3.8) is 0 Å². The fraction of sp³-hybridized carbons (Fsp3) is 0. The van der Waals surface area contributed by atoms with E-state index in [4.69, 9.17) is 11.6 Å². The van der Waals surface area contributed by atoms with Crippen molar-refractivity contribution in [3.05, 3.63) is 34.0 Å². The van der Waals surface area contributed by atoms with Gasteiger partial charge in [0.05, 0.1) is 12.8 Å². The average molecular weight is 265 g/mol. The molecule has 68 valence electrons. The molecule has 2 rings (SSSR count). The number of rotatable bonds is 3. The van der Waals surface area contributed by atoms with Gasteiger partial charge < -0.3 is 0 Å². The summed E-state index contributed by atoms with van der Waals surface area (Å²) in [7, 11) is 3.54. The number of thiophene rings is 2. The molecule has 0 aliphatic rings. The molecule has 0 nitrogen and oxygen atoms in total. The highest BCUT2D eigenvalue weighted by atomic mass is 35.5. The molecule has 13 heavy (non-hydrogen) atoms. The first kappa shape index (κ1) is 9.93. The van der Waals surface area contributed by atoms with E-state index in [1.165, 1.54) is 8.42 Å². The molecule has 0 bridgehead atoms. The quantitative estimate of drug-likeness (QED) is 0.694. The summed E-state index contributed by atoms with van der Waals surface area (Å²) in [4.78, 5) is 0. The summed E-state index contributed by atoms with van der Waals surface area (Å²) in [6.07, 6.45) is 0. The highest BCUT2D eigenvalue weighted by molar-refractivity contribution is 8.77. The normalized spacial score (nSPS) is 10.5. The molecule has 0 aliphatic heterocycles. The van der Waals surface area contributed by atoms with Gasteiger partial charge in [-0.25, -0.2) is 0 Å². The van der Waals surface area contributed by atoms with Gasteiger partial charge in [0.25, 0.3) is 0 Å². The maximum atomic E-state index is 5.82. The summed E-state index contributed by atoms with van der Waals surface area (Å²) in [5.41, 5.74) is 0. The Balaban J connectivity index is 1.93. The van der Waals surface area contributed by atoms with E-state index < -0.39 is 0 Å². The highest BCUT2D eigenvalue weighted by Gasteiger charge is 2.00. The minimum atomic E-state index is 0.856. The van der Waals surface area contributed by atoms with Gasteiger partial charge in [-0.2, -0.15) is 0 Å². The molecule has 0 N–H and O–H groups in total. The van der Waals surface area contributed by atoms with Crippen molar-refractivity contribution in [3.8, 4) is 0 Å². The fourth-order valence-corrected chi connectivity index (χ4v) is 5.35. The summed E-state index contributed by atoms with van der Waals surface area (Å²) >= 11 is 9.20. The average Bonchev–Trinajstić information content (AvgIpc) is 2.71. The monoisotopic (exact) mass is 264 g/mol. The Kier molecular flexibility index (Phi) is 3.63. The molecule has 0 saturated heterocycles. The standard InChI is InChI=1S/C8H5ClS4/c9-6-3-4-8(11-6)13-12-7-2-1-5-10-7/h1-5H. The second kappa shape index (κ2) is 4.75. The SMILES string of the molecule is Clc1ccc(SSc2cccs2)s1. The van der Waals surface area contributed by atoms with Crippen LogP contribution in [0.15, 0.2) is 38.1 Å². The van der Waals surface area contributed by atoms with Gasteiger partial charge in [0, 0.05) is 0 Å². The first-order valence-electron chi connectivity index (χ1n) is 3.48. The van der Waals surface area contributed by atoms with Crippen LogP contribution in [-0.4, -0.2) is 0 Å². The second-order valence-corrected chi connectivity index (χ2v) is 7.55. The Bertz CT molecular complexity index is 365. The molecule has 2 aromatic rings. The van der Waals surface area contributed by atoms with Crippen LogP contribution in [0.5, 0.6) is 0 Å². The van der Waals surface area contributed by atoms with E-state index in [1.807, 2.05) is 6.07 Å². The largest absolute Gasteiger partial charge is 0.137 e. The van der Waals surface area contributed by atoms with Crippen LogP contribution in [0, 0.1) is 0 Å². The summed E-state index contributed by atoms with van der Waals surface area (Å²) in [5.74, 6) is 0. The van der Waals surface area contributed by atoms with Crippen LogP contribution < -0.4 is 0 Å². The molecular formula is C8H5ClS4. The molecule has 0 saturated carbocycles. The number of hydrogen-bond acceptors (Lipinski definition) is 4. The van der Waals surface area contributed by atoms with Crippen molar-refractivity contribution in [2.24, 2.45) is 0 Å². The van der Waals surface area contributed by atoms with E-state index in [0.29, 0.717) is 0 Å². The fourth-order valence-electron chi connectivity index (χ4n) is 0.736. The molecule has 0 spiro atoms. The van der Waals surface area contributed by atoms with Crippen LogP contribution in [0.4, 0.5) is 0 Å². The minimum Gasteiger partial charge on any atom is -0.137 e. The summed E-state index contributed by atoms with van der Waals surface area (Å²) in [6.45, 7) is 0. The molecule has 2 heterocycles. The van der Waals surface area contributed by atoms with E-state index in [9.17, 15) is 0 Å². The topological polar surface area (TPSA) is 0 Å². The Morgan fingerprint density at radius 3 is 2.54 bits per heavy atom. The van der Waals surface area contributed by atoms with E-state index in [0.717, 1.165) is 4.34 Å². The van der Waals surface area contributed by atoms with Gasteiger partial charge in [-0.3, -0.25) is 0 Å². The van der Waals surface area contributed by atoms with E-state index in [-0.39, 0.29) is 0 Å². The van der Waals surface area contributed by atoms with Crippen molar-refractivity contribution in [1.82, 2.24) is 0 Å². The smallest absolute Gasteiger partial charge is 0.0940 e. The van der Waals surface area contributed by atoms with Crippen molar-refractivity contribution in [2.75, 3.05) is 0 Å². The van der Waals surface area contributed by atoms with Crippen molar-refractivity contribution >= 4 is 55.9 Å². The Labute approximate surface area is 97.7 Å². The summed E-state index contributed by atoms with van der Waals surface area (Å²) < 4.78 is 3.44. The van der Waals surface area contributed by atoms with E-state index in [2.05, 4.69) is 23.6 Å². The van der Waals surface area contributed by atoms with E-state index in [1.54, 1.807) is 44.3 Å². The van der Waals surface area contributed by atoms with Crippen molar-refractivity contribution < 1.29 is 0 Å². The van der Waals surface area contributed by atoms with E-state index >= 15 is 0 Å². The lowest BCUT2D eigenvalue weighted by Gasteiger charge is -1.92. The molecule has 0 atom stereocenters. The number of halogens is 1. The van der Waals surface area contributed by atoms with Gasteiger partial charge >= 0.3 is 0 Å². The third-order valence-corrected chi connectivity index (χ3v) is 6.62. The molecule has 0 aliphatic carbocycles. The Hall–Kier alpha value is 0.390. The summed E-state index contributed by atoms with van der Waals surface area (Å²) in [5, 5.41) is 2.09. The zero-order chi connectivity index (χ0) is 9.10. The van der Waals surface area contributed by atoms with Gasteiger partial charge in [0.1, 0.15) is 0 Å². The molecule has 0 unspecified atom stereocenters. The highest BCUT2D eigenvalue weighted by Crippen LogP contribution is 2.43. The van der Waals surface area contributed by atoms with Crippen LogP contribution in [-0.2, 0) is 0 Å². The first-order valence-corrected chi connectivity index (χ1v) is 7.70. The number of hydrogen-bond donors (Lipinski definition) is 0. The van der Waals surface area contributed by atoms with Gasteiger partial charge in [-0.1, -0.05) is 17.7 Å². The lowest BCUT2D eigenvalue weighted by Crippen LogP contribution is -1.51. The van der Waals surface area contributed by atoms with Crippen LogP contribution in [0.2, 0.25) is 4.34 Å². The maximum Gasteiger partial charge on any atom is 0.0940 e. The molecule has 5 heteroatoms. The predicted octanol–water partition coefficient (Wildman–Crippen LogP) is 5.26. The minimum absolute atomic E-state index is 0.856. The zero-order valence-electron chi connectivity index (χ0n) is 6.40. The van der Waals surface area contributed by atoms with Crippen molar-refractivity contribution in [1.29, 1.82) is 0 Å². The van der Waals surface area contributed by atoms with Gasteiger partial charge in [0.2, 0.25) is 0 Å². The molecule has 0 amide bonds.